The van der Waals surface area contributed by atoms with E-state index in [1.54, 1.807) is 25.1 Å². The average Bonchev–Trinajstić information content (AvgIpc) is 2.36. The van der Waals surface area contributed by atoms with E-state index in [1.807, 2.05) is 0 Å². The Balaban J connectivity index is 2.26. The summed E-state index contributed by atoms with van der Waals surface area (Å²) in [5.74, 6) is -1.61. The van der Waals surface area contributed by atoms with Gasteiger partial charge in [0, 0.05) is 16.5 Å². The number of fused-ring (bicyclic) bond motifs is 1. The molecule has 98 valence electrons. The number of allylic oxidation sites excluding steroid dienone is 1. The van der Waals surface area contributed by atoms with E-state index in [9.17, 15) is 14.4 Å². The Kier molecular flexibility index (Phi) is 3.71. The highest BCUT2D eigenvalue weighted by Gasteiger charge is 2.23. The standard InChI is InChI=1S/C13H11NO4S/c1-7-13(18)14-9-3-2-8(6-11(9)19-7)10(15)4-5-12(16)17/h2-7H,1H3,(H,14,18)(H,16,17)/b5-4+. The van der Waals surface area contributed by atoms with Crippen LogP contribution in [0.2, 0.25) is 0 Å². The van der Waals surface area contributed by atoms with E-state index in [0.717, 1.165) is 17.0 Å². The largest absolute Gasteiger partial charge is 0.478 e. The van der Waals surface area contributed by atoms with Crippen LogP contribution >= 0.6 is 11.8 Å². The Morgan fingerprint density at radius 3 is 2.79 bits per heavy atom. The molecule has 0 radical (unpaired) electrons. The van der Waals surface area contributed by atoms with Crippen molar-refractivity contribution in [2.75, 3.05) is 5.32 Å². The van der Waals surface area contributed by atoms with Crippen molar-refractivity contribution in [1.29, 1.82) is 0 Å². The zero-order valence-corrected chi connectivity index (χ0v) is 10.9. The number of rotatable bonds is 3. The van der Waals surface area contributed by atoms with E-state index in [0.29, 0.717) is 11.3 Å². The van der Waals surface area contributed by atoms with E-state index < -0.39 is 5.97 Å². The number of carbonyl (C=O) groups excluding carboxylic acids is 2. The van der Waals surface area contributed by atoms with Gasteiger partial charge in [0.2, 0.25) is 5.91 Å². The number of aliphatic carboxylic acids is 1. The molecule has 1 amide bonds. The predicted octanol–water partition coefficient (Wildman–Crippen LogP) is 1.94. The lowest BCUT2D eigenvalue weighted by atomic mass is 10.1. The minimum atomic E-state index is -1.17. The second-order valence-electron chi connectivity index (χ2n) is 4.00. The molecule has 1 aliphatic heterocycles. The summed E-state index contributed by atoms with van der Waals surface area (Å²) in [6.07, 6.45) is 1.82. The van der Waals surface area contributed by atoms with Crippen LogP contribution in [0, 0.1) is 0 Å². The molecule has 19 heavy (non-hydrogen) atoms. The molecule has 0 fully saturated rings. The van der Waals surface area contributed by atoms with Crippen LogP contribution in [0.4, 0.5) is 5.69 Å². The zero-order chi connectivity index (χ0) is 14.0. The number of hydrogen-bond donors (Lipinski definition) is 2. The van der Waals surface area contributed by atoms with Crippen LogP contribution in [0.25, 0.3) is 0 Å². The van der Waals surface area contributed by atoms with Crippen molar-refractivity contribution in [3.8, 4) is 0 Å². The van der Waals surface area contributed by atoms with Gasteiger partial charge in [-0.1, -0.05) is 0 Å². The maximum absolute atomic E-state index is 11.7. The Hall–Kier alpha value is -2.08. The van der Waals surface area contributed by atoms with Crippen LogP contribution in [-0.2, 0) is 9.59 Å². The molecule has 0 aliphatic carbocycles. The lowest BCUT2D eigenvalue weighted by molar-refractivity contribution is -0.131. The molecule has 1 atom stereocenters. The molecule has 5 nitrogen and oxygen atoms in total. The lowest BCUT2D eigenvalue weighted by Crippen LogP contribution is -2.26. The van der Waals surface area contributed by atoms with Crippen molar-refractivity contribution in [2.45, 2.75) is 17.1 Å². The quantitative estimate of drug-likeness (QED) is 0.651. The van der Waals surface area contributed by atoms with Crippen LogP contribution in [0.3, 0.4) is 0 Å². The first-order chi connectivity index (χ1) is 8.97. The van der Waals surface area contributed by atoms with E-state index in [-0.39, 0.29) is 16.9 Å². The first kappa shape index (κ1) is 13.4. The van der Waals surface area contributed by atoms with Crippen molar-refractivity contribution in [1.82, 2.24) is 0 Å². The molecular formula is C13H11NO4S. The predicted molar refractivity (Wildman–Crippen MR) is 71.5 cm³/mol. The molecule has 2 rings (SSSR count). The molecule has 0 bridgehead atoms. The molecule has 0 saturated heterocycles. The van der Waals surface area contributed by atoms with Gasteiger partial charge < -0.3 is 10.4 Å². The van der Waals surface area contributed by atoms with Gasteiger partial charge >= 0.3 is 5.97 Å². The van der Waals surface area contributed by atoms with Crippen LogP contribution in [-0.4, -0.2) is 28.0 Å². The van der Waals surface area contributed by atoms with E-state index in [2.05, 4.69) is 5.32 Å². The van der Waals surface area contributed by atoms with Gasteiger partial charge in [0.15, 0.2) is 5.78 Å². The van der Waals surface area contributed by atoms with Crippen LogP contribution in [0.1, 0.15) is 17.3 Å². The summed E-state index contributed by atoms with van der Waals surface area (Å²) in [7, 11) is 0. The highest BCUT2D eigenvalue weighted by atomic mass is 32.2. The van der Waals surface area contributed by atoms with Crippen LogP contribution in [0.5, 0.6) is 0 Å². The van der Waals surface area contributed by atoms with Crippen molar-refractivity contribution in [3.63, 3.8) is 0 Å². The van der Waals surface area contributed by atoms with Crippen molar-refractivity contribution in [2.24, 2.45) is 0 Å². The Labute approximate surface area is 113 Å². The summed E-state index contributed by atoms with van der Waals surface area (Å²) in [5.41, 5.74) is 1.07. The van der Waals surface area contributed by atoms with Gasteiger partial charge in [0.25, 0.3) is 0 Å². The summed E-state index contributed by atoms with van der Waals surface area (Å²) in [4.78, 5) is 34.4. The Morgan fingerprint density at radius 1 is 1.37 bits per heavy atom. The molecule has 1 unspecified atom stereocenters. The monoisotopic (exact) mass is 277 g/mol. The second kappa shape index (κ2) is 5.27. The number of thioether (sulfide) groups is 1. The van der Waals surface area contributed by atoms with Crippen molar-refractivity contribution in [3.05, 3.63) is 35.9 Å². The number of anilines is 1. The highest BCUT2D eigenvalue weighted by molar-refractivity contribution is 8.00. The van der Waals surface area contributed by atoms with E-state index in [4.69, 9.17) is 5.11 Å². The third kappa shape index (κ3) is 3.03. The lowest BCUT2D eigenvalue weighted by Gasteiger charge is -2.21. The van der Waals surface area contributed by atoms with Crippen LogP contribution in [0.15, 0.2) is 35.2 Å². The Bertz CT molecular complexity index is 594. The van der Waals surface area contributed by atoms with Crippen LogP contribution < -0.4 is 5.32 Å². The zero-order valence-electron chi connectivity index (χ0n) is 10.0. The molecule has 1 heterocycles. The molecule has 2 N–H and O–H groups in total. The van der Waals surface area contributed by atoms with Gasteiger partial charge in [-0.15, -0.1) is 11.8 Å². The normalized spacial score (nSPS) is 17.9. The maximum atomic E-state index is 11.7. The fourth-order valence-electron chi connectivity index (χ4n) is 1.60. The maximum Gasteiger partial charge on any atom is 0.328 e. The third-order valence-electron chi connectivity index (χ3n) is 2.57. The number of carboxylic acids is 1. The summed E-state index contributed by atoms with van der Waals surface area (Å²) >= 11 is 1.37. The minimum absolute atomic E-state index is 0.0673. The number of amides is 1. The topological polar surface area (TPSA) is 83.5 Å². The highest BCUT2D eigenvalue weighted by Crippen LogP contribution is 2.36. The average molecular weight is 277 g/mol. The number of benzene rings is 1. The number of carboxylic acid groups (broad SMARTS) is 1. The molecule has 0 saturated carbocycles. The molecule has 1 aromatic carbocycles. The molecule has 0 spiro atoms. The molecule has 1 aliphatic rings. The number of carbonyl (C=O) groups is 3. The minimum Gasteiger partial charge on any atom is -0.478 e. The van der Waals surface area contributed by atoms with Crippen molar-refractivity contribution >= 4 is 35.1 Å². The SMILES string of the molecule is CC1Sc2cc(C(=O)/C=C/C(=O)O)ccc2NC1=O. The van der Waals surface area contributed by atoms with E-state index in [1.165, 1.54) is 11.8 Å². The third-order valence-corrected chi connectivity index (χ3v) is 3.73. The van der Waals surface area contributed by atoms with Gasteiger partial charge in [-0.25, -0.2) is 4.79 Å². The number of nitrogens with one attached hydrogen (secondary N) is 1. The molecule has 1 aromatic rings. The Morgan fingerprint density at radius 2 is 2.11 bits per heavy atom. The van der Waals surface area contributed by atoms with Gasteiger partial charge in [0.1, 0.15) is 0 Å². The summed E-state index contributed by atoms with van der Waals surface area (Å²) in [6.45, 7) is 1.78. The summed E-state index contributed by atoms with van der Waals surface area (Å²) < 4.78 is 0. The second-order valence-corrected chi connectivity index (χ2v) is 5.38. The van der Waals surface area contributed by atoms with E-state index >= 15 is 0 Å². The van der Waals surface area contributed by atoms with Gasteiger partial charge in [-0.3, -0.25) is 9.59 Å². The first-order valence-electron chi connectivity index (χ1n) is 5.54. The van der Waals surface area contributed by atoms with Gasteiger partial charge in [0.05, 0.1) is 10.9 Å². The summed E-state index contributed by atoms with van der Waals surface area (Å²) in [6, 6.07) is 4.86. The van der Waals surface area contributed by atoms with Gasteiger partial charge in [-0.05, 0) is 31.2 Å². The fraction of sp³-hybridized carbons (Fsp3) is 0.154. The molecular weight excluding hydrogens is 266 g/mol. The number of hydrogen-bond acceptors (Lipinski definition) is 4. The van der Waals surface area contributed by atoms with Crippen molar-refractivity contribution < 1.29 is 19.5 Å². The fourth-order valence-corrected chi connectivity index (χ4v) is 2.59. The smallest absolute Gasteiger partial charge is 0.328 e. The first-order valence-corrected chi connectivity index (χ1v) is 6.42. The molecule has 6 heteroatoms. The summed E-state index contributed by atoms with van der Waals surface area (Å²) in [5, 5.41) is 11.0. The number of ketones is 1. The molecule has 0 aromatic heterocycles. The van der Waals surface area contributed by atoms with Gasteiger partial charge in [-0.2, -0.15) is 0 Å².